The number of rotatable bonds is 6. The fraction of sp³-hybridized carbons (Fsp3) is 0.269. The van der Waals surface area contributed by atoms with Crippen LogP contribution in [-0.4, -0.2) is 31.4 Å². The number of fused-ring (bicyclic) bond motifs is 1. The normalized spacial score (nSPS) is 15.6. The SMILES string of the molecule is CCOC(=O)C1=C(C)N=c2s/c(=C\c3cccc(OC)c3OC)c(=O)n2[C@@H]1c1ccc(C)cc1. The van der Waals surface area contributed by atoms with Crippen molar-refractivity contribution in [2.75, 3.05) is 20.8 Å². The van der Waals surface area contributed by atoms with Crippen molar-refractivity contribution < 1.29 is 19.0 Å². The second kappa shape index (κ2) is 9.69. The van der Waals surface area contributed by atoms with Crippen molar-refractivity contribution in [3.8, 4) is 11.5 Å². The lowest BCUT2D eigenvalue weighted by Gasteiger charge is -2.24. The summed E-state index contributed by atoms with van der Waals surface area (Å²) in [6, 6.07) is 12.6. The maximum absolute atomic E-state index is 13.7. The van der Waals surface area contributed by atoms with Gasteiger partial charge < -0.3 is 14.2 Å². The van der Waals surface area contributed by atoms with E-state index >= 15 is 0 Å². The summed E-state index contributed by atoms with van der Waals surface area (Å²) >= 11 is 1.27. The van der Waals surface area contributed by atoms with Gasteiger partial charge in [-0.25, -0.2) is 9.79 Å². The molecule has 1 atom stereocenters. The molecule has 1 aromatic heterocycles. The number of thiazole rings is 1. The van der Waals surface area contributed by atoms with Crippen LogP contribution in [0.5, 0.6) is 11.5 Å². The van der Waals surface area contributed by atoms with Crippen molar-refractivity contribution in [2.24, 2.45) is 4.99 Å². The number of aromatic nitrogens is 1. The Morgan fingerprint density at radius 3 is 2.50 bits per heavy atom. The zero-order valence-electron chi connectivity index (χ0n) is 19.7. The molecule has 7 nitrogen and oxygen atoms in total. The molecule has 1 aliphatic rings. The van der Waals surface area contributed by atoms with Gasteiger partial charge in [0, 0.05) is 5.56 Å². The highest BCUT2D eigenvalue weighted by Gasteiger charge is 2.33. The number of nitrogens with zero attached hydrogens (tertiary/aromatic N) is 2. The maximum Gasteiger partial charge on any atom is 0.338 e. The van der Waals surface area contributed by atoms with Crippen LogP contribution >= 0.6 is 11.3 Å². The third kappa shape index (κ3) is 4.17. The molecule has 176 valence electrons. The van der Waals surface area contributed by atoms with Crippen LogP contribution in [0, 0.1) is 6.92 Å². The van der Waals surface area contributed by atoms with E-state index in [1.54, 1.807) is 44.8 Å². The van der Waals surface area contributed by atoms with Crippen LogP contribution in [-0.2, 0) is 9.53 Å². The zero-order valence-corrected chi connectivity index (χ0v) is 20.6. The first-order valence-corrected chi connectivity index (χ1v) is 11.7. The number of hydrogen-bond donors (Lipinski definition) is 0. The summed E-state index contributed by atoms with van der Waals surface area (Å²) in [7, 11) is 3.12. The highest BCUT2D eigenvalue weighted by molar-refractivity contribution is 7.07. The minimum Gasteiger partial charge on any atom is -0.493 e. The van der Waals surface area contributed by atoms with Crippen molar-refractivity contribution in [1.82, 2.24) is 4.57 Å². The van der Waals surface area contributed by atoms with Gasteiger partial charge >= 0.3 is 5.97 Å². The zero-order chi connectivity index (χ0) is 24.4. The minimum atomic E-state index is -0.634. The average molecular weight is 479 g/mol. The Labute approximate surface area is 201 Å². The topological polar surface area (TPSA) is 79.1 Å². The number of ether oxygens (including phenoxy) is 3. The summed E-state index contributed by atoms with van der Waals surface area (Å²) in [5, 5.41) is 0. The molecule has 0 unspecified atom stereocenters. The van der Waals surface area contributed by atoms with E-state index in [1.165, 1.54) is 11.3 Å². The molecule has 3 aromatic rings. The standard InChI is InChI=1S/C26H26N2O5S/c1-6-33-25(30)21-16(3)27-26-28(22(21)17-12-10-15(2)11-13-17)24(29)20(34-26)14-18-8-7-9-19(31-4)23(18)32-5/h7-14,22H,6H2,1-5H3/b20-14-/t22-/m1/s1. The van der Waals surface area contributed by atoms with Crippen molar-refractivity contribution in [1.29, 1.82) is 0 Å². The van der Waals surface area contributed by atoms with Gasteiger partial charge in [-0.3, -0.25) is 9.36 Å². The average Bonchev–Trinajstić information content (AvgIpc) is 3.13. The fourth-order valence-corrected chi connectivity index (χ4v) is 5.06. The lowest BCUT2D eigenvalue weighted by Crippen LogP contribution is -2.39. The van der Waals surface area contributed by atoms with Crippen LogP contribution in [0.4, 0.5) is 0 Å². The molecule has 0 bridgehead atoms. The molecule has 0 saturated heterocycles. The molecule has 2 aromatic carbocycles. The quantitative estimate of drug-likeness (QED) is 0.509. The largest absolute Gasteiger partial charge is 0.493 e. The minimum absolute atomic E-state index is 0.232. The molecule has 0 spiro atoms. The molecule has 8 heteroatoms. The third-order valence-electron chi connectivity index (χ3n) is 5.63. The van der Waals surface area contributed by atoms with E-state index in [0.29, 0.717) is 37.7 Å². The van der Waals surface area contributed by atoms with Gasteiger partial charge in [-0.15, -0.1) is 0 Å². The Bertz CT molecular complexity index is 1450. The Balaban J connectivity index is 1.97. The van der Waals surface area contributed by atoms with Crippen LogP contribution in [0.3, 0.4) is 0 Å². The molecular formula is C26H26N2O5S. The van der Waals surface area contributed by atoms with Crippen molar-refractivity contribution in [3.05, 3.63) is 90.1 Å². The molecule has 0 saturated carbocycles. The molecule has 1 aliphatic heterocycles. The Morgan fingerprint density at radius 2 is 1.85 bits per heavy atom. The van der Waals surface area contributed by atoms with Gasteiger partial charge in [-0.1, -0.05) is 53.3 Å². The van der Waals surface area contributed by atoms with E-state index < -0.39 is 12.0 Å². The van der Waals surface area contributed by atoms with Gasteiger partial charge in [-0.2, -0.15) is 0 Å². The number of allylic oxidation sites excluding steroid dienone is 1. The summed E-state index contributed by atoms with van der Waals surface area (Å²) in [6.07, 6.45) is 1.76. The monoisotopic (exact) mass is 478 g/mol. The smallest absolute Gasteiger partial charge is 0.338 e. The van der Waals surface area contributed by atoms with Crippen LogP contribution in [0.1, 0.15) is 36.6 Å². The number of methoxy groups -OCH3 is 2. The second-order valence-corrected chi connectivity index (χ2v) is 8.80. The lowest BCUT2D eigenvalue weighted by atomic mass is 9.95. The number of para-hydroxylation sites is 1. The predicted molar refractivity (Wildman–Crippen MR) is 131 cm³/mol. The van der Waals surface area contributed by atoms with Crippen molar-refractivity contribution >= 4 is 23.4 Å². The molecule has 0 radical (unpaired) electrons. The highest BCUT2D eigenvalue weighted by Crippen LogP contribution is 2.32. The maximum atomic E-state index is 13.7. The van der Waals surface area contributed by atoms with E-state index in [4.69, 9.17) is 14.2 Å². The van der Waals surface area contributed by atoms with Gasteiger partial charge in [0.2, 0.25) is 0 Å². The lowest BCUT2D eigenvalue weighted by molar-refractivity contribution is -0.139. The molecule has 4 rings (SSSR count). The van der Waals surface area contributed by atoms with E-state index in [-0.39, 0.29) is 12.2 Å². The molecule has 2 heterocycles. The molecule has 0 fully saturated rings. The molecule has 0 aliphatic carbocycles. The highest BCUT2D eigenvalue weighted by atomic mass is 32.1. The van der Waals surface area contributed by atoms with Crippen LogP contribution in [0.25, 0.3) is 6.08 Å². The van der Waals surface area contributed by atoms with Crippen LogP contribution in [0.2, 0.25) is 0 Å². The van der Waals surface area contributed by atoms with Crippen LogP contribution < -0.4 is 24.4 Å². The Kier molecular flexibility index (Phi) is 6.70. The number of benzene rings is 2. The third-order valence-corrected chi connectivity index (χ3v) is 6.61. The number of aryl methyl sites for hydroxylation is 1. The Morgan fingerprint density at radius 1 is 1.12 bits per heavy atom. The summed E-state index contributed by atoms with van der Waals surface area (Å²) in [4.78, 5) is 31.8. The van der Waals surface area contributed by atoms with E-state index in [2.05, 4.69) is 4.99 Å². The molecular weight excluding hydrogens is 452 g/mol. The summed E-state index contributed by atoms with van der Waals surface area (Å²) in [6.45, 7) is 5.75. The van der Waals surface area contributed by atoms with Gasteiger partial charge in [-0.05, 0) is 38.5 Å². The summed E-state index contributed by atoms with van der Waals surface area (Å²) in [5.41, 5.74) is 3.27. The van der Waals surface area contributed by atoms with E-state index in [9.17, 15) is 9.59 Å². The second-order valence-electron chi connectivity index (χ2n) is 7.80. The van der Waals surface area contributed by atoms with E-state index in [0.717, 1.165) is 11.1 Å². The number of hydrogen-bond acceptors (Lipinski definition) is 7. The van der Waals surface area contributed by atoms with Crippen molar-refractivity contribution in [2.45, 2.75) is 26.8 Å². The number of esters is 1. The van der Waals surface area contributed by atoms with Gasteiger partial charge in [0.15, 0.2) is 16.3 Å². The van der Waals surface area contributed by atoms with Gasteiger partial charge in [0.05, 0.1) is 42.7 Å². The first-order valence-electron chi connectivity index (χ1n) is 10.9. The van der Waals surface area contributed by atoms with Gasteiger partial charge in [0.1, 0.15) is 0 Å². The summed E-state index contributed by atoms with van der Waals surface area (Å²) < 4.78 is 18.3. The van der Waals surface area contributed by atoms with Crippen LogP contribution in [0.15, 0.2) is 63.5 Å². The predicted octanol–water partition coefficient (Wildman–Crippen LogP) is 3.12. The first kappa shape index (κ1) is 23.5. The number of carbonyl (C=O) groups excluding carboxylic acids is 1. The van der Waals surface area contributed by atoms with Gasteiger partial charge in [0.25, 0.3) is 5.56 Å². The molecule has 0 N–H and O–H groups in total. The van der Waals surface area contributed by atoms with E-state index in [1.807, 2.05) is 43.3 Å². The Hall–Kier alpha value is -3.65. The molecule has 0 amide bonds. The summed E-state index contributed by atoms with van der Waals surface area (Å²) in [5.74, 6) is 0.634. The fourth-order valence-electron chi connectivity index (χ4n) is 4.02. The molecule has 34 heavy (non-hydrogen) atoms. The van der Waals surface area contributed by atoms with Crippen molar-refractivity contribution in [3.63, 3.8) is 0 Å². The first-order chi connectivity index (χ1) is 16.4. The number of carbonyl (C=O) groups is 1.